The van der Waals surface area contributed by atoms with E-state index < -0.39 is 0 Å². The Labute approximate surface area is 255 Å². The van der Waals surface area contributed by atoms with E-state index in [4.69, 9.17) is 11.6 Å². The number of halogens is 2. The molecule has 0 fully saturated rings. The first kappa shape index (κ1) is 24.8. The van der Waals surface area contributed by atoms with E-state index in [1.54, 1.807) is 0 Å². The Kier molecular flexibility index (Phi) is 5.50. The molecule has 42 heavy (non-hydrogen) atoms. The summed E-state index contributed by atoms with van der Waals surface area (Å²) in [6.45, 7) is 0. The second kappa shape index (κ2) is 9.30. The van der Waals surface area contributed by atoms with Gasteiger partial charge in [0, 0.05) is 4.47 Å². The fourth-order valence-corrected chi connectivity index (χ4v) is 7.18. The summed E-state index contributed by atoms with van der Waals surface area (Å²) in [5.74, 6) is 0. The van der Waals surface area contributed by atoms with Crippen LogP contribution in [0.15, 0.2) is 114 Å². The molecule has 0 aliphatic heterocycles. The Morgan fingerprint density at radius 2 is 1.12 bits per heavy atom. The van der Waals surface area contributed by atoms with Crippen molar-refractivity contribution in [3.63, 3.8) is 0 Å². The van der Waals surface area contributed by atoms with Crippen LogP contribution in [0.4, 0.5) is 0 Å². The number of nitriles is 2. The van der Waals surface area contributed by atoms with Crippen LogP contribution in [-0.4, -0.2) is 0 Å². The standard InChI is InChI=1S/C38H18BrClN2/c39-32-17-29-30(18-33(32)40)35(25-10-4-7-22(15-25)20-42)38-31-16-23-8-1-2-11-26(23)27-12-5-13-28(36(27)31)37(38)34(29)24-9-3-6-21(14-24)19-41/h1-18H. The molecule has 0 N–H and O–H groups in total. The summed E-state index contributed by atoms with van der Waals surface area (Å²) in [7, 11) is 0. The second-order valence-electron chi connectivity index (χ2n) is 10.6. The first-order chi connectivity index (χ1) is 20.6. The minimum absolute atomic E-state index is 0.600. The predicted octanol–water partition coefficient (Wildman–Crippen LogP) is 11.3. The fourth-order valence-electron chi connectivity index (χ4n) is 6.67. The van der Waals surface area contributed by atoms with E-state index in [0.29, 0.717) is 16.1 Å². The highest BCUT2D eigenvalue weighted by molar-refractivity contribution is 9.10. The van der Waals surface area contributed by atoms with Crippen LogP contribution in [0.1, 0.15) is 11.1 Å². The van der Waals surface area contributed by atoms with Crippen LogP contribution < -0.4 is 0 Å². The first-order valence-electron chi connectivity index (χ1n) is 13.5. The minimum atomic E-state index is 0.600. The van der Waals surface area contributed by atoms with Gasteiger partial charge in [-0.05, 0) is 135 Å². The molecule has 0 radical (unpaired) electrons. The zero-order chi connectivity index (χ0) is 28.5. The number of hydrogen-bond donors (Lipinski definition) is 0. The van der Waals surface area contributed by atoms with Crippen molar-refractivity contribution in [2.75, 3.05) is 0 Å². The van der Waals surface area contributed by atoms with Crippen LogP contribution in [0.5, 0.6) is 0 Å². The summed E-state index contributed by atoms with van der Waals surface area (Å²) in [4.78, 5) is 0. The van der Waals surface area contributed by atoms with Crippen LogP contribution in [-0.2, 0) is 0 Å². The number of benzene rings is 7. The van der Waals surface area contributed by atoms with Crippen molar-refractivity contribution >= 4 is 59.8 Å². The van der Waals surface area contributed by atoms with E-state index >= 15 is 0 Å². The maximum absolute atomic E-state index is 9.82. The quantitative estimate of drug-likeness (QED) is 0.181. The molecule has 1 aliphatic rings. The van der Waals surface area contributed by atoms with Crippen molar-refractivity contribution in [2.45, 2.75) is 0 Å². The lowest BCUT2D eigenvalue weighted by Gasteiger charge is -2.21. The summed E-state index contributed by atoms with van der Waals surface area (Å²) in [6, 6.07) is 41.7. The molecule has 0 heterocycles. The Morgan fingerprint density at radius 3 is 1.81 bits per heavy atom. The van der Waals surface area contributed by atoms with Crippen molar-refractivity contribution in [3.8, 4) is 56.6 Å². The molecular weight excluding hydrogens is 600 g/mol. The van der Waals surface area contributed by atoms with Gasteiger partial charge in [-0.25, -0.2) is 0 Å². The zero-order valence-corrected chi connectivity index (χ0v) is 24.4. The van der Waals surface area contributed by atoms with E-state index in [9.17, 15) is 10.5 Å². The van der Waals surface area contributed by atoms with E-state index in [2.05, 4.69) is 94.8 Å². The van der Waals surface area contributed by atoms with E-state index in [1.165, 1.54) is 21.5 Å². The van der Waals surface area contributed by atoms with Gasteiger partial charge in [0.25, 0.3) is 0 Å². The van der Waals surface area contributed by atoms with Crippen LogP contribution in [0, 0.1) is 22.7 Å². The summed E-state index contributed by atoms with van der Waals surface area (Å²) >= 11 is 10.5. The topological polar surface area (TPSA) is 47.6 Å². The second-order valence-corrected chi connectivity index (χ2v) is 11.8. The van der Waals surface area contributed by atoms with Gasteiger partial charge in [-0.2, -0.15) is 10.5 Å². The molecule has 1 aliphatic carbocycles. The van der Waals surface area contributed by atoms with Gasteiger partial charge in [0.15, 0.2) is 0 Å². The third-order valence-corrected chi connectivity index (χ3v) is 9.53. The minimum Gasteiger partial charge on any atom is -0.192 e. The molecule has 0 atom stereocenters. The number of rotatable bonds is 2. The van der Waals surface area contributed by atoms with Crippen LogP contribution in [0.3, 0.4) is 0 Å². The fraction of sp³-hybridized carbons (Fsp3) is 0. The number of fused-ring (bicyclic) bond motifs is 6. The summed E-state index contributed by atoms with van der Waals surface area (Å²) < 4.78 is 0.797. The predicted molar refractivity (Wildman–Crippen MR) is 176 cm³/mol. The highest BCUT2D eigenvalue weighted by Gasteiger charge is 2.31. The van der Waals surface area contributed by atoms with Crippen molar-refractivity contribution in [1.29, 1.82) is 10.5 Å². The Balaban J connectivity index is 1.67. The van der Waals surface area contributed by atoms with E-state index in [0.717, 1.165) is 59.8 Å². The number of nitrogens with zero attached hydrogens (tertiary/aromatic N) is 2. The van der Waals surface area contributed by atoms with E-state index in [-0.39, 0.29) is 0 Å². The van der Waals surface area contributed by atoms with Gasteiger partial charge < -0.3 is 0 Å². The lowest BCUT2D eigenvalue weighted by molar-refractivity contribution is 1.48. The van der Waals surface area contributed by atoms with Crippen molar-refractivity contribution in [3.05, 3.63) is 130 Å². The molecule has 2 nitrogen and oxygen atoms in total. The van der Waals surface area contributed by atoms with Crippen LogP contribution >= 0.6 is 27.5 Å². The van der Waals surface area contributed by atoms with Crippen LogP contribution in [0.25, 0.3) is 76.8 Å². The monoisotopic (exact) mass is 616 g/mol. The molecule has 7 aromatic rings. The molecule has 0 unspecified atom stereocenters. The van der Waals surface area contributed by atoms with Crippen LogP contribution in [0.2, 0.25) is 5.02 Å². The summed E-state index contributed by atoms with van der Waals surface area (Å²) in [6.07, 6.45) is 0. The van der Waals surface area contributed by atoms with Gasteiger partial charge in [0.2, 0.25) is 0 Å². The number of hydrogen-bond acceptors (Lipinski definition) is 2. The Bertz CT molecular complexity index is 2410. The molecular formula is C38H18BrClN2. The van der Waals surface area contributed by atoms with Gasteiger partial charge in [-0.1, -0.05) is 78.3 Å². The molecule has 0 saturated carbocycles. The molecule has 0 amide bonds. The van der Waals surface area contributed by atoms with Crippen molar-refractivity contribution in [1.82, 2.24) is 0 Å². The average Bonchev–Trinajstić information content (AvgIpc) is 3.35. The third-order valence-electron chi connectivity index (χ3n) is 8.33. The SMILES string of the molecule is N#Cc1cccc(-c2c3c(c(-c4cccc(C#N)c4)c4cc(Br)c(Cl)cc24)-c2cccc4c2c-3cc2ccccc24)c1. The van der Waals surface area contributed by atoms with Gasteiger partial charge in [0.05, 0.1) is 28.3 Å². The Hall–Kier alpha value is -4.93. The lowest BCUT2D eigenvalue weighted by atomic mass is 9.82. The normalized spacial score (nSPS) is 11.5. The van der Waals surface area contributed by atoms with Gasteiger partial charge in [-0.15, -0.1) is 0 Å². The highest BCUT2D eigenvalue weighted by Crippen LogP contribution is 2.59. The molecule has 7 aromatic carbocycles. The first-order valence-corrected chi connectivity index (χ1v) is 14.7. The molecule has 0 saturated heterocycles. The lowest BCUT2D eigenvalue weighted by Crippen LogP contribution is -1.95. The molecule has 8 rings (SSSR count). The van der Waals surface area contributed by atoms with Gasteiger partial charge >= 0.3 is 0 Å². The average molecular weight is 618 g/mol. The third kappa shape index (κ3) is 3.49. The summed E-state index contributed by atoms with van der Waals surface area (Å²) in [5, 5.41) is 27.0. The largest absolute Gasteiger partial charge is 0.192 e. The van der Waals surface area contributed by atoms with E-state index in [1.807, 2.05) is 42.5 Å². The molecule has 4 heteroatoms. The molecule has 194 valence electrons. The smallest absolute Gasteiger partial charge is 0.0991 e. The maximum Gasteiger partial charge on any atom is 0.0991 e. The molecule has 0 aromatic heterocycles. The van der Waals surface area contributed by atoms with Crippen molar-refractivity contribution in [2.24, 2.45) is 0 Å². The molecule has 0 bridgehead atoms. The summed E-state index contributed by atoms with van der Waals surface area (Å²) in [5.41, 5.74) is 9.79. The highest BCUT2D eigenvalue weighted by atomic mass is 79.9. The van der Waals surface area contributed by atoms with Gasteiger partial charge in [-0.3, -0.25) is 0 Å². The zero-order valence-electron chi connectivity index (χ0n) is 22.0. The molecule has 0 spiro atoms. The van der Waals surface area contributed by atoms with Gasteiger partial charge in [0.1, 0.15) is 0 Å². The maximum atomic E-state index is 9.82. The van der Waals surface area contributed by atoms with Crippen molar-refractivity contribution < 1.29 is 0 Å². The Morgan fingerprint density at radius 1 is 0.524 bits per heavy atom.